The largest absolute Gasteiger partial charge is 0.497 e. The van der Waals surface area contributed by atoms with Crippen molar-refractivity contribution < 1.29 is 14.3 Å². The van der Waals surface area contributed by atoms with Crippen LogP contribution in [0.3, 0.4) is 0 Å². The first-order valence-corrected chi connectivity index (χ1v) is 7.57. The fourth-order valence-corrected chi connectivity index (χ4v) is 2.58. The van der Waals surface area contributed by atoms with Crippen LogP contribution in [-0.4, -0.2) is 35.2 Å². The van der Waals surface area contributed by atoms with Crippen molar-refractivity contribution in [3.05, 3.63) is 29.8 Å². The van der Waals surface area contributed by atoms with E-state index in [0.29, 0.717) is 11.3 Å². The Balaban J connectivity index is 2.20. The summed E-state index contributed by atoms with van der Waals surface area (Å²) < 4.78 is 5.10. The Hall–Kier alpha value is -2.35. The highest BCUT2D eigenvalue weighted by atomic mass is 32.1. The van der Waals surface area contributed by atoms with E-state index in [1.807, 2.05) is 13.8 Å². The molecule has 0 bridgehead atoms. The number of nitrogens with one attached hydrogen (secondary N) is 3. The van der Waals surface area contributed by atoms with E-state index in [1.165, 1.54) is 0 Å². The summed E-state index contributed by atoms with van der Waals surface area (Å²) in [4.78, 5) is 24.8. The van der Waals surface area contributed by atoms with Crippen LogP contribution in [-0.2, 0) is 10.3 Å². The molecule has 0 saturated carbocycles. The van der Waals surface area contributed by atoms with Crippen LogP contribution < -0.4 is 20.8 Å². The number of nitrogens with zero attached hydrogens (tertiary/aromatic N) is 1. The van der Waals surface area contributed by atoms with Gasteiger partial charge in [0.1, 0.15) is 11.3 Å². The molecule has 7 nitrogen and oxygen atoms in total. The summed E-state index contributed by atoms with van der Waals surface area (Å²) >= 11 is 5.08. The van der Waals surface area contributed by atoms with Gasteiger partial charge in [0, 0.05) is 6.04 Å². The van der Waals surface area contributed by atoms with Crippen molar-refractivity contribution >= 4 is 29.3 Å². The van der Waals surface area contributed by atoms with Crippen molar-refractivity contribution in [2.75, 3.05) is 7.11 Å². The van der Waals surface area contributed by atoms with E-state index in [9.17, 15) is 9.59 Å². The van der Waals surface area contributed by atoms with Crippen LogP contribution in [0, 0.1) is 0 Å². The molecule has 0 radical (unpaired) electrons. The third-order valence-corrected chi connectivity index (χ3v) is 3.70. The maximum absolute atomic E-state index is 12.7. The van der Waals surface area contributed by atoms with Crippen molar-refractivity contribution in [1.82, 2.24) is 21.1 Å². The average molecular weight is 336 g/mol. The number of hydrogen-bond donors (Lipinski definition) is 3. The number of hydrazine groups is 1. The van der Waals surface area contributed by atoms with Crippen LogP contribution in [0.1, 0.15) is 26.3 Å². The second-order valence-electron chi connectivity index (χ2n) is 5.66. The lowest BCUT2D eigenvalue weighted by molar-refractivity contribution is -0.132. The van der Waals surface area contributed by atoms with E-state index in [-0.39, 0.29) is 11.2 Å². The molecule has 1 aromatic carbocycles. The molecule has 0 aromatic heterocycles. The van der Waals surface area contributed by atoms with E-state index in [1.54, 1.807) is 38.3 Å². The molecule has 3 N–H and O–H groups in total. The molecular weight excluding hydrogens is 316 g/mol. The van der Waals surface area contributed by atoms with Crippen molar-refractivity contribution in [1.29, 1.82) is 0 Å². The van der Waals surface area contributed by atoms with Gasteiger partial charge in [-0.1, -0.05) is 12.1 Å². The van der Waals surface area contributed by atoms with Gasteiger partial charge in [0.15, 0.2) is 5.11 Å². The van der Waals surface area contributed by atoms with Gasteiger partial charge in [-0.3, -0.25) is 10.2 Å². The van der Waals surface area contributed by atoms with Gasteiger partial charge < -0.3 is 15.4 Å². The highest BCUT2D eigenvalue weighted by molar-refractivity contribution is 7.80. The van der Waals surface area contributed by atoms with E-state index < -0.39 is 17.5 Å². The quantitative estimate of drug-likeness (QED) is 0.567. The fourth-order valence-electron chi connectivity index (χ4n) is 2.26. The lowest BCUT2D eigenvalue weighted by Gasteiger charge is -2.23. The van der Waals surface area contributed by atoms with Crippen molar-refractivity contribution in [2.45, 2.75) is 32.4 Å². The van der Waals surface area contributed by atoms with Gasteiger partial charge in [0.25, 0.3) is 5.91 Å². The van der Waals surface area contributed by atoms with E-state index in [0.717, 1.165) is 5.01 Å². The van der Waals surface area contributed by atoms with Gasteiger partial charge in [-0.2, -0.15) is 5.01 Å². The van der Waals surface area contributed by atoms with Gasteiger partial charge >= 0.3 is 6.03 Å². The number of hydrogen-bond acceptors (Lipinski definition) is 4. The second kappa shape index (κ2) is 6.41. The van der Waals surface area contributed by atoms with Crippen molar-refractivity contribution in [3.8, 4) is 5.75 Å². The molecule has 1 heterocycles. The summed E-state index contributed by atoms with van der Waals surface area (Å²) in [5.41, 5.74) is 2.12. The number of thiocarbonyl (C=S) groups is 1. The Labute approximate surface area is 140 Å². The molecule has 1 atom stereocenters. The zero-order valence-corrected chi connectivity index (χ0v) is 14.3. The Kier molecular flexibility index (Phi) is 4.74. The highest BCUT2D eigenvalue weighted by Crippen LogP contribution is 2.29. The number of rotatable bonds is 4. The van der Waals surface area contributed by atoms with Crippen molar-refractivity contribution in [2.24, 2.45) is 0 Å². The molecular formula is C15H20N4O3S. The zero-order valence-electron chi connectivity index (χ0n) is 13.5. The normalized spacial score (nSPS) is 20.5. The van der Waals surface area contributed by atoms with Gasteiger partial charge in [0.2, 0.25) is 0 Å². The number of carbonyl (C=O) groups excluding carboxylic acids is 2. The van der Waals surface area contributed by atoms with Crippen LogP contribution in [0.15, 0.2) is 24.3 Å². The number of urea groups is 1. The van der Waals surface area contributed by atoms with Crippen LogP contribution >= 0.6 is 12.2 Å². The Morgan fingerprint density at radius 1 is 1.30 bits per heavy atom. The monoisotopic (exact) mass is 336 g/mol. The topological polar surface area (TPSA) is 82.7 Å². The third kappa shape index (κ3) is 3.37. The molecule has 0 unspecified atom stereocenters. The molecule has 1 saturated heterocycles. The van der Waals surface area contributed by atoms with Gasteiger partial charge in [-0.05, 0) is 50.7 Å². The summed E-state index contributed by atoms with van der Waals surface area (Å²) in [6, 6.07) is 6.49. The fraction of sp³-hybridized carbons (Fsp3) is 0.400. The second-order valence-corrected chi connectivity index (χ2v) is 6.07. The number of carbonyl (C=O) groups is 2. The van der Waals surface area contributed by atoms with Crippen LogP contribution in [0.2, 0.25) is 0 Å². The molecule has 0 aliphatic carbocycles. The molecule has 2 rings (SSSR count). The van der Waals surface area contributed by atoms with Gasteiger partial charge in [0.05, 0.1) is 7.11 Å². The zero-order chi connectivity index (χ0) is 17.2. The molecule has 1 aromatic rings. The van der Waals surface area contributed by atoms with Gasteiger partial charge in [-0.25, -0.2) is 4.79 Å². The predicted molar refractivity (Wildman–Crippen MR) is 89.7 cm³/mol. The highest BCUT2D eigenvalue weighted by Gasteiger charge is 2.49. The molecule has 8 heteroatoms. The molecule has 1 aliphatic heterocycles. The smallest absolute Gasteiger partial charge is 0.344 e. The standard InChI is InChI=1S/C15H20N4O3S/c1-9(2)16-13(23)18-19-12(20)15(3,17-14(19)21)10-5-7-11(22-4)8-6-10/h5-9H,1-4H3,(H,17,21)(H2,16,18,23)/t15-/m0/s1. The van der Waals surface area contributed by atoms with E-state index in [4.69, 9.17) is 17.0 Å². The van der Waals surface area contributed by atoms with Crippen LogP contribution in [0.25, 0.3) is 0 Å². The number of ether oxygens (including phenoxy) is 1. The first kappa shape index (κ1) is 17.0. The summed E-state index contributed by atoms with van der Waals surface area (Å²) in [6.07, 6.45) is 0. The Morgan fingerprint density at radius 2 is 1.91 bits per heavy atom. The molecule has 3 amide bonds. The lowest BCUT2D eigenvalue weighted by Crippen LogP contribution is -2.52. The number of amides is 3. The van der Waals surface area contributed by atoms with Crippen LogP contribution in [0.4, 0.5) is 4.79 Å². The summed E-state index contributed by atoms with van der Waals surface area (Å²) in [6.45, 7) is 5.46. The molecule has 23 heavy (non-hydrogen) atoms. The van der Waals surface area contributed by atoms with E-state index in [2.05, 4.69) is 16.1 Å². The summed E-state index contributed by atoms with van der Waals surface area (Å²) in [5.74, 6) is 0.243. The minimum Gasteiger partial charge on any atom is -0.497 e. The Bertz CT molecular complexity index is 632. The molecule has 0 spiro atoms. The first-order valence-electron chi connectivity index (χ1n) is 7.16. The SMILES string of the molecule is COc1ccc([C@]2(C)NC(=O)N(NC(=S)NC(C)C)C2=O)cc1. The number of imide groups is 1. The van der Waals surface area contributed by atoms with Gasteiger partial charge in [-0.15, -0.1) is 0 Å². The minimum atomic E-state index is -1.16. The Morgan fingerprint density at radius 3 is 2.43 bits per heavy atom. The lowest BCUT2D eigenvalue weighted by atomic mass is 9.92. The average Bonchev–Trinajstić information content (AvgIpc) is 2.71. The number of methoxy groups -OCH3 is 1. The van der Waals surface area contributed by atoms with Crippen LogP contribution in [0.5, 0.6) is 5.75 Å². The maximum Gasteiger partial charge on any atom is 0.344 e. The minimum absolute atomic E-state index is 0.0868. The maximum atomic E-state index is 12.7. The summed E-state index contributed by atoms with van der Waals surface area (Å²) in [5, 5.41) is 6.71. The molecule has 1 fully saturated rings. The number of benzene rings is 1. The first-order chi connectivity index (χ1) is 10.8. The van der Waals surface area contributed by atoms with Crippen molar-refractivity contribution in [3.63, 3.8) is 0 Å². The van der Waals surface area contributed by atoms with E-state index >= 15 is 0 Å². The summed E-state index contributed by atoms with van der Waals surface area (Å²) in [7, 11) is 1.56. The third-order valence-electron chi connectivity index (χ3n) is 3.49. The molecule has 124 valence electrons. The predicted octanol–water partition coefficient (Wildman–Crippen LogP) is 1.25. The molecule has 1 aliphatic rings.